The number of rotatable bonds is 3. The van der Waals surface area contributed by atoms with Crippen molar-refractivity contribution in [3.8, 4) is 0 Å². The minimum Gasteiger partial charge on any atom is -0.463 e. The average Bonchev–Trinajstić information content (AvgIpc) is 2.54. The fourth-order valence-corrected chi connectivity index (χ4v) is 2.66. The summed E-state index contributed by atoms with van der Waals surface area (Å²) in [5.74, 6) is 0.223. The zero-order valence-electron chi connectivity index (χ0n) is 11.9. The Bertz CT molecular complexity index is 657. The van der Waals surface area contributed by atoms with Gasteiger partial charge in [-0.25, -0.2) is 14.8 Å². The summed E-state index contributed by atoms with van der Waals surface area (Å²) >= 11 is 0. The Labute approximate surface area is 123 Å². The fraction of sp³-hybridized carbons (Fsp3) is 0.312. The molecule has 1 aliphatic carbocycles. The minimum atomic E-state index is -0.521. The van der Waals surface area contributed by atoms with Gasteiger partial charge in [0, 0.05) is 12.2 Å². The van der Waals surface area contributed by atoms with Gasteiger partial charge in [-0.15, -0.1) is 0 Å². The van der Waals surface area contributed by atoms with E-state index in [1.54, 1.807) is 12.3 Å². The number of fused-ring (bicyclic) bond motifs is 1. The molecule has 0 aliphatic heterocycles. The van der Waals surface area contributed by atoms with Crippen LogP contribution < -0.4 is 5.32 Å². The van der Waals surface area contributed by atoms with Gasteiger partial charge in [0.25, 0.3) is 0 Å². The molecular weight excluding hydrogens is 266 g/mol. The molecule has 1 N–H and O–H groups in total. The third kappa shape index (κ3) is 3.02. The summed E-state index contributed by atoms with van der Waals surface area (Å²) in [4.78, 5) is 19.6. The molecule has 3 rings (SSSR count). The first-order valence-corrected chi connectivity index (χ1v) is 7.01. The predicted molar refractivity (Wildman–Crippen MR) is 79.2 cm³/mol. The van der Waals surface area contributed by atoms with Crippen LogP contribution in [0, 0.1) is 0 Å². The van der Waals surface area contributed by atoms with Gasteiger partial charge in [0.15, 0.2) is 0 Å². The lowest BCUT2D eigenvalue weighted by atomic mass is 9.88. The van der Waals surface area contributed by atoms with Crippen LogP contribution in [0.5, 0.6) is 0 Å². The van der Waals surface area contributed by atoms with E-state index in [9.17, 15) is 4.79 Å². The number of ether oxygens (including phenoxy) is 1. The molecule has 1 heterocycles. The summed E-state index contributed by atoms with van der Waals surface area (Å²) in [5.41, 5.74) is 2.80. The van der Waals surface area contributed by atoms with Crippen LogP contribution in [0.1, 0.15) is 28.2 Å². The molecule has 1 unspecified atom stereocenters. The highest BCUT2D eigenvalue weighted by molar-refractivity contribution is 5.85. The number of nitrogens with one attached hydrogen (secondary N) is 1. The highest BCUT2D eigenvalue weighted by atomic mass is 16.5. The van der Waals surface area contributed by atoms with Crippen molar-refractivity contribution in [2.75, 3.05) is 12.4 Å². The molecule has 5 nitrogen and oxygen atoms in total. The lowest BCUT2D eigenvalue weighted by molar-refractivity contribution is 0.0587. The zero-order valence-corrected chi connectivity index (χ0v) is 11.9. The molecule has 0 saturated heterocycles. The molecule has 108 valence electrons. The average molecular weight is 283 g/mol. The molecule has 0 radical (unpaired) electrons. The molecular formula is C16H17N3O2. The molecule has 21 heavy (non-hydrogen) atoms. The van der Waals surface area contributed by atoms with E-state index in [-0.39, 0.29) is 5.82 Å². The maximum Gasteiger partial charge on any atom is 0.376 e. The Balaban J connectivity index is 1.72. The second kappa shape index (κ2) is 5.91. The maximum absolute atomic E-state index is 11.4. The van der Waals surface area contributed by atoms with Gasteiger partial charge >= 0.3 is 5.97 Å². The number of esters is 1. The Morgan fingerprint density at radius 3 is 2.90 bits per heavy atom. The second-order valence-electron chi connectivity index (χ2n) is 5.11. The minimum absolute atomic E-state index is 0.0821. The van der Waals surface area contributed by atoms with Crippen LogP contribution in [0.2, 0.25) is 0 Å². The van der Waals surface area contributed by atoms with Crippen molar-refractivity contribution >= 4 is 11.8 Å². The lowest BCUT2D eigenvalue weighted by Crippen LogP contribution is -2.28. The molecule has 1 aliphatic rings. The molecule has 2 aromatic rings. The van der Waals surface area contributed by atoms with Crippen molar-refractivity contribution in [3.63, 3.8) is 0 Å². The van der Waals surface area contributed by atoms with E-state index in [2.05, 4.69) is 44.3 Å². The van der Waals surface area contributed by atoms with Gasteiger partial charge in [-0.1, -0.05) is 24.3 Å². The second-order valence-corrected chi connectivity index (χ2v) is 5.11. The Morgan fingerprint density at radius 2 is 2.10 bits per heavy atom. The maximum atomic E-state index is 11.4. The molecule has 0 spiro atoms. The molecule has 0 bridgehead atoms. The summed E-state index contributed by atoms with van der Waals surface area (Å²) in [6.45, 7) is 0. The van der Waals surface area contributed by atoms with Crippen LogP contribution in [-0.2, 0) is 17.6 Å². The number of aromatic nitrogens is 2. The third-order valence-corrected chi connectivity index (χ3v) is 3.72. The van der Waals surface area contributed by atoms with Gasteiger partial charge < -0.3 is 10.1 Å². The quantitative estimate of drug-likeness (QED) is 0.875. The van der Waals surface area contributed by atoms with Crippen LogP contribution in [0.4, 0.5) is 5.82 Å². The lowest BCUT2D eigenvalue weighted by Gasteiger charge is -2.25. The molecule has 5 heteroatoms. The number of carbonyl (C=O) groups is 1. The molecule has 1 aromatic carbocycles. The van der Waals surface area contributed by atoms with Gasteiger partial charge in [0.05, 0.1) is 7.11 Å². The largest absolute Gasteiger partial charge is 0.463 e. The van der Waals surface area contributed by atoms with Gasteiger partial charge in [0.2, 0.25) is 5.82 Å². The Kier molecular flexibility index (Phi) is 3.81. The molecule has 0 saturated carbocycles. The van der Waals surface area contributed by atoms with Crippen LogP contribution in [0.3, 0.4) is 0 Å². The summed E-state index contributed by atoms with van der Waals surface area (Å²) in [6, 6.07) is 10.6. The number of anilines is 1. The molecule has 0 amide bonds. The normalized spacial score (nSPS) is 16.9. The monoisotopic (exact) mass is 283 g/mol. The van der Waals surface area contributed by atoms with Crippen molar-refractivity contribution in [1.82, 2.24) is 9.97 Å². The van der Waals surface area contributed by atoms with Crippen molar-refractivity contribution in [2.45, 2.75) is 25.3 Å². The number of hydrogen-bond acceptors (Lipinski definition) is 5. The number of hydrogen-bond donors (Lipinski definition) is 1. The van der Waals surface area contributed by atoms with E-state index in [4.69, 9.17) is 0 Å². The first-order chi connectivity index (χ1) is 10.3. The zero-order chi connectivity index (χ0) is 14.7. The van der Waals surface area contributed by atoms with Crippen molar-refractivity contribution in [1.29, 1.82) is 0 Å². The smallest absolute Gasteiger partial charge is 0.376 e. The van der Waals surface area contributed by atoms with Crippen LogP contribution in [0.15, 0.2) is 36.5 Å². The van der Waals surface area contributed by atoms with E-state index < -0.39 is 5.97 Å². The number of benzene rings is 1. The standard InChI is InChI=1S/C16H17N3O2/c1-21-16(20)15-17-9-8-14(19-15)18-13-7-6-11-4-2-3-5-12(11)10-13/h2-5,8-9,13H,6-7,10H2,1H3,(H,17,18,19). The van der Waals surface area contributed by atoms with E-state index >= 15 is 0 Å². The fourth-order valence-electron chi connectivity index (χ4n) is 2.66. The van der Waals surface area contributed by atoms with E-state index in [1.807, 2.05) is 0 Å². The number of carbonyl (C=O) groups excluding carboxylic acids is 1. The summed E-state index contributed by atoms with van der Waals surface area (Å²) < 4.78 is 4.64. The van der Waals surface area contributed by atoms with Gasteiger partial charge in [-0.05, 0) is 36.5 Å². The topological polar surface area (TPSA) is 64.1 Å². The van der Waals surface area contributed by atoms with Gasteiger partial charge in [-0.3, -0.25) is 0 Å². The van der Waals surface area contributed by atoms with Crippen LogP contribution in [0.25, 0.3) is 0 Å². The first kappa shape index (κ1) is 13.5. The van der Waals surface area contributed by atoms with E-state index in [1.165, 1.54) is 18.2 Å². The molecule has 0 fully saturated rings. The van der Waals surface area contributed by atoms with Crippen molar-refractivity contribution in [3.05, 3.63) is 53.5 Å². The van der Waals surface area contributed by atoms with Gasteiger partial charge in [-0.2, -0.15) is 0 Å². The third-order valence-electron chi connectivity index (χ3n) is 3.72. The number of methoxy groups -OCH3 is 1. The van der Waals surface area contributed by atoms with Crippen LogP contribution in [-0.4, -0.2) is 29.1 Å². The highest BCUT2D eigenvalue weighted by Gasteiger charge is 2.19. The summed E-state index contributed by atoms with van der Waals surface area (Å²) in [7, 11) is 1.32. The van der Waals surface area contributed by atoms with E-state index in [0.29, 0.717) is 11.9 Å². The first-order valence-electron chi connectivity index (χ1n) is 7.01. The molecule has 1 atom stereocenters. The van der Waals surface area contributed by atoms with E-state index in [0.717, 1.165) is 19.3 Å². The number of nitrogens with zero attached hydrogens (tertiary/aromatic N) is 2. The Hall–Kier alpha value is -2.43. The summed E-state index contributed by atoms with van der Waals surface area (Å²) in [6.07, 6.45) is 4.64. The van der Waals surface area contributed by atoms with Crippen molar-refractivity contribution < 1.29 is 9.53 Å². The highest BCUT2D eigenvalue weighted by Crippen LogP contribution is 2.23. The summed E-state index contributed by atoms with van der Waals surface area (Å²) in [5, 5.41) is 3.38. The predicted octanol–water partition coefficient (Wildman–Crippen LogP) is 2.23. The molecule has 1 aromatic heterocycles. The number of aryl methyl sites for hydroxylation is 1. The Morgan fingerprint density at radius 1 is 1.29 bits per heavy atom. The SMILES string of the molecule is COC(=O)c1nccc(NC2CCc3ccccc3C2)n1. The van der Waals surface area contributed by atoms with Crippen molar-refractivity contribution in [2.24, 2.45) is 0 Å². The van der Waals surface area contributed by atoms with Gasteiger partial charge in [0.1, 0.15) is 5.82 Å². The van der Waals surface area contributed by atoms with Crippen LogP contribution >= 0.6 is 0 Å².